The lowest BCUT2D eigenvalue weighted by Gasteiger charge is -2.28. The van der Waals surface area contributed by atoms with Gasteiger partial charge < -0.3 is 9.74 Å². The van der Waals surface area contributed by atoms with Gasteiger partial charge >= 0.3 is 5.97 Å². The van der Waals surface area contributed by atoms with Gasteiger partial charge in [-0.05, 0) is 12.8 Å². The average molecular weight is 287 g/mol. The molecule has 112 valence electrons. The van der Waals surface area contributed by atoms with Gasteiger partial charge in [0, 0.05) is 19.7 Å². The van der Waals surface area contributed by atoms with E-state index in [1.807, 2.05) is 70.1 Å². The number of rotatable bonds is 3. The van der Waals surface area contributed by atoms with E-state index in [1.54, 1.807) is 0 Å². The zero-order chi connectivity index (χ0) is 15.6. The van der Waals surface area contributed by atoms with Crippen molar-refractivity contribution in [1.29, 1.82) is 0 Å². The minimum absolute atomic E-state index is 0.0682. The smallest absolute Gasteiger partial charge is 0.367 e. The van der Waals surface area contributed by atoms with Crippen molar-refractivity contribution < 1.29 is 9.63 Å². The molecule has 1 heterocycles. The van der Waals surface area contributed by atoms with Gasteiger partial charge in [-0.3, -0.25) is 0 Å². The second kappa shape index (κ2) is 5.68. The molecule has 0 saturated carbocycles. The lowest BCUT2D eigenvalue weighted by atomic mass is 9.80. The summed E-state index contributed by atoms with van der Waals surface area (Å²) in [5, 5.41) is 4.02. The molecule has 21 heavy (non-hydrogen) atoms. The Kier molecular flexibility index (Phi) is 4.11. The largest absolute Gasteiger partial charge is 0.368 e. The van der Waals surface area contributed by atoms with Crippen LogP contribution in [0.2, 0.25) is 0 Å². The quantitative estimate of drug-likeness (QED) is 0.487. The van der Waals surface area contributed by atoms with Crippen LogP contribution in [0.15, 0.2) is 40.5 Å². The summed E-state index contributed by atoms with van der Waals surface area (Å²) < 4.78 is 0. The summed E-state index contributed by atoms with van der Waals surface area (Å²) >= 11 is 0. The van der Waals surface area contributed by atoms with Gasteiger partial charge in [0.1, 0.15) is 5.71 Å². The van der Waals surface area contributed by atoms with E-state index in [0.29, 0.717) is 5.71 Å². The van der Waals surface area contributed by atoms with Crippen LogP contribution in [0, 0.1) is 5.92 Å². The molecule has 0 amide bonds. The van der Waals surface area contributed by atoms with Crippen molar-refractivity contribution in [2.75, 3.05) is 14.1 Å². The van der Waals surface area contributed by atoms with E-state index in [4.69, 9.17) is 4.84 Å². The summed E-state index contributed by atoms with van der Waals surface area (Å²) in [5.41, 5.74) is 0.340. The fourth-order valence-electron chi connectivity index (χ4n) is 2.28. The maximum atomic E-state index is 12.4. The Bertz CT molecular complexity index is 591. The summed E-state index contributed by atoms with van der Waals surface area (Å²) in [5.74, 6) is 0.269. The summed E-state index contributed by atoms with van der Waals surface area (Å²) in [7, 11) is 3.79. The zero-order valence-corrected chi connectivity index (χ0v) is 13.1. The molecular formula is C16H21N3O2. The molecule has 5 heteroatoms. The highest BCUT2D eigenvalue weighted by molar-refractivity contribution is 6.22. The Hall–Kier alpha value is -2.17. The molecule has 0 aromatic heterocycles. The highest BCUT2D eigenvalue weighted by atomic mass is 16.7. The van der Waals surface area contributed by atoms with Crippen LogP contribution in [0.4, 0.5) is 0 Å². The molecule has 1 aromatic carbocycles. The number of oxime groups is 1. The molecule has 1 aromatic rings. The molecule has 1 unspecified atom stereocenters. The highest BCUT2D eigenvalue weighted by Crippen LogP contribution is 2.34. The molecular weight excluding hydrogens is 266 g/mol. The van der Waals surface area contributed by atoms with Crippen LogP contribution in [-0.2, 0) is 9.63 Å². The molecule has 0 aliphatic carbocycles. The molecule has 0 spiro atoms. The second-order valence-electron chi connectivity index (χ2n) is 5.66. The maximum absolute atomic E-state index is 12.4. The topological polar surface area (TPSA) is 54.3 Å². The van der Waals surface area contributed by atoms with Gasteiger partial charge in [0.2, 0.25) is 5.54 Å². The SMILES string of the molecule is CC(=NC1(C(C)C)C(=O)ON=C1c1ccccc1)N(C)C. The van der Waals surface area contributed by atoms with Crippen LogP contribution in [0.3, 0.4) is 0 Å². The van der Waals surface area contributed by atoms with Crippen molar-refractivity contribution in [2.24, 2.45) is 16.1 Å². The fourth-order valence-corrected chi connectivity index (χ4v) is 2.28. The third-order valence-corrected chi connectivity index (χ3v) is 3.76. The van der Waals surface area contributed by atoms with Crippen LogP contribution < -0.4 is 0 Å². The first-order chi connectivity index (χ1) is 9.89. The molecule has 1 aliphatic heterocycles. The van der Waals surface area contributed by atoms with Gasteiger partial charge in [0.25, 0.3) is 0 Å². The zero-order valence-electron chi connectivity index (χ0n) is 13.1. The van der Waals surface area contributed by atoms with Crippen LogP contribution in [0.5, 0.6) is 0 Å². The van der Waals surface area contributed by atoms with Crippen molar-refractivity contribution in [2.45, 2.75) is 26.3 Å². The standard InChI is InChI=1S/C16H21N3O2/c1-11(2)16(17-12(3)19(4)5)14(18-21-15(16)20)13-9-7-6-8-10-13/h6-11H,1-5H3. The molecule has 5 nitrogen and oxygen atoms in total. The molecule has 0 N–H and O–H groups in total. The second-order valence-corrected chi connectivity index (χ2v) is 5.66. The van der Waals surface area contributed by atoms with Crippen LogP contribution in [0.1, 0.15) is 26.3 Å². The van der Waals surface area contributed by atoms with E-state index in [1.165, 1.54) is 0 Å². The fraction of sp³-hybridized carbons (Fsp3) is 0.438. The molecule has 0 fully saturated rings. The van der Waals surface area contributed by atoms with Gasteiger partial charge in [0.15, 0.2) is 0 Å². The minimum Gasteiger partial charge on any atom is -0.367 e. The highest BCUT2D eigenvalue weighted by Gasteiger charge is 2.53. The monoisotopic (exact) mass is 287 g/mol. The molecule has 1 aliphatic rings. The lowest BCUT2D eigenvalue weighted by Crippen LogP contribution is -2.48. The van der Waals surface area contributed by atoms with Crippen molar-refractivity contribution in [3.8, 4) is 0 Å². The van der Waals surface area contributed by atoms with Crippen LogP contribution >= 0.6 is 0 Å². The van der Waals surface area contributed by atoms with Gasteiger partial charge in [-0.1, -0.05) is 49.3 Å². The van der Waals surface area contributed by atoms with E-state index in [9.17, 15) is 4.79 Å². The van der Waals surface area contributed by atoms with Crippen molar-refractivity contribution in [1.82, 2.24) is 4.90 Å². The lowest BCUT2D eigenvalue weighted by molar-refractivity contribution is -0.145. The molecule has 0 bridgehead atoms. The number of carbonyl (C=O) groups is 1. The molecule has 0 radical (unpaired) electrons. The summed E-state index contributed by atoms with van der Waals surface area (Å²) in [4.78, 5) is 24.0. The van der Waals surface area contributed by atoms with Gasteiger partial charge in [-0.25, -0.2) is 9.79 Å². The van der Waals surface area contributed by atoms with Crippen molar-refractivity contribution in [3.05, 3.63) is 35.9 Å². The first kappa shape index (κ1) is 15.2. The third-order valence-electron chi connectivity index (χ3n) is 3.76. The predicted octanol–water partition coefficient (Wildman–Crippen LogP) is 2.32. The first-order valence-corrected chi connectivity index (χ1v) is 6.98. The van der Waals surface area contributed by atoms with Crippen LogP contribution in [-0.4, -0.2) is 42.1 Å². The number of nitrogens with zero attached hydrogens (tertiary/aromatic N) is 3. The Morgan fingerprint density at radius 1 is 1.29 bits per heavy atom. The molecule has 0 saturated heterocycles. The number of carbonyl (C=O) groups excluding carboxylic acids is 1. The number of benzene rings is 1. The maximum Gasteiger partial charge on any atom is 0.368 e. The number of hydrogen-bond acceptors (Lipinski definition) is 4. The Labute approximate surface area is 125 Å². The molecule has 1 atom stereocenters. The van der Waals surface area contributed by atoms with Gasteiger partial charge in [-0.2, -0.15) is 0 Å². The van der Waals surface area contributed by atoms with E-state index in [0.717, 1.165) is 11.4 Å². The number of aliphatic imine (C=N–C) groups is 1. The van der Waals surface area contributed by atoms with E-state index >= 15 is 0 Å². The number of amidine groups is 1. The Morgan fingerprint density at radius 3 is 2.43 bits per heavy atom. The molecule has 2 rings (SSSR count). The predicted molar refractivity (Wildman–Crippen MR) is 83.4 cm³/mol. The Morgan fingerprint density at radius 2 is 1.90 bits per heavy atom. The van der Waals surface area contributed by atoms with Crippen LogP contribution in [0.25, 0.3) is 0 Å². The number of hydrogen-bond donors (Lipinski definition) is 0. The third kappa shape index (κ3) is 2.55. The first-order valence-electron chi connectivity index (χ1n) is 6.98. The van der Waals surface area contributed by atoms with E-state index in [2.05, 4.69) is 10.1 Å². The minimum atomic E-state index is -1.09. The summed E-state index contributed by atoms with van der Waals surface area (Å²) in [6.07, 6.45) is 0. The normalized spacial score (nSPS) is 22.3. The van der Waals surface area contributed by atoms with Gasteiger partial charge in [-0.15, -0.1) is 0 Å². The summed E-state index contributed by atoms with van der Waals surface area (Å²) in [6, 6.07) is 9.58. The summed E-state index contributed by atoms with van der Waals surface area (Å²) in [6.45, 7) is 5.79. The van der Waals surface area contributed by atoms with Crippen molar-refractivity contribution >= 4 is 17.5 Å². The average Bonchev–Trinajstić information content (AvgIpc) is 2.78. The Balaban J connectivity index is 2.59. The van der Waals surface area contributed by atoms with Crippen molar-refractivity contribution in [3.63, 3.8) is 0 Å². The van der Waals surface area contributed by atoms with E-state index < -0.39 is 11.5 Å². The van der Waals surface area contributed by atoms with E-state index in [-0.39, 0.29) is 5.92 Å². The van der Waals surface area contributed by atoms with Gasteiger partial charge in [0.05, 0.1) is 5.84 Å².